The van der Waals surface area contributed by atoms with Crippen LogP contribution in [0.5, 0.6) is 0 Å². The molecular formula is C23H23ClN2O3. The lowest BCUT2D eigenvalue weighted by atomic mass is 9.90. The van der Waals surface area contributed by atoms with Crippen LogP contribution < -0.4 is 5.32 Å². The summed E-state index contributed by atoms with van der Waals surface area (Å²) in [4.78, 5) is 16.6. The van der Waals surface area contributed by atoms with Gasteiger partial charge in [-0.1, -0.05) is 17.7 Å². The molecule has 1 aromatic heterocycles. The average Bonchev–Trinajstić information content (AvgIpc) is 2.70. The van der Waals surface area contributed by atoms with E-state index in [0.717, 1.165) is 46.1 Å². The number of nitrogens with zero attached hydrogens (tertiary/aromatic N) is 1. The fraction of sp³-hybridized carbons (Fsp3) is 0.304. The molecule has 1 aliphatic heterocycles. The summed E-state index contributed by atoms with van der Waals surface area (Å²) in [7, 11) is 0. The third kappa shape index (κ3) is 3.93. The largest absolute Gasteiger partial charge is 0.478 e. The lowest BCUT2D eigenvalue weighted by molar-refractivity contribution is 0.0697. The molecule has 1 aliphatic rings. The standard InChI is InChI=1S/C23H23ClN2O3/c1-13-9-14(2)21(18(10-13)23(27)28)26-22-17-11-16(24)3-4-20(17)25-12-19(22)15-5-7-29-8-6-15/h3-4,9-12,15H,5-8H2,1-2H3,(H,25,26)(H,27,28). The predicted molar refractivity (Wildman–Crippen MR) is 116 cm³/mol. The Labute approximate surface area is 174 Å². The Hall–Kier alpha value is -2.63. The van der Waals surface area contributed by atoms with E-state index in [-0.39, 0.29) is 5.56 Å². The number of halogens is 1. The van der Waals surface area contributed by atoms with E-state index in [2.05, 4.69) is 10.3 Å². The third-order valence-electron chi connectivity index (χ3n) is 5.48. The number of aromatic carboxylic acids is 1. The van der Waals surface area contributed by atoms with E-state index in [0.29, 0.717) is 29.8 Å². The number of anilines is 2. The number of carboxylic acids is 1. The van der Waals surface area contributed by atoms with Gasteiger partial charge in [0.2, 0.25) is 0 Å². The minimum absolute atomic E-state index is 0.257. The molecule has 0 radical (unpaired) electrons. The molecule has 2 N–H and O–H groups in total. The molecule has 0 bridgehead atoms. The molecule has 29 heavy (non-hydrogen) atoms. The monoisotopic (exact) mass is 410 g/mol. The molecule has 0 aliphatic carbocycles. The van der Waals surface area contributed by atoms with Gasteiger partial charge in [0, 0.05) is 29.8 Å². The van der Waals surface area contributed by atoms with Crippen molar-refractivity contribution in [3.8, 4) is 0 Å². The van der Waals surface area contributed by atoms with Gasteiger partial charge in [0.05, 0.1) is 22.5 Å². The van der Waals surface area contributed by atoms with Gasteiger partial charge in [0.1, 0.15) is 0 Å². The smallest absolute Gasteiger partial charge is 0.337 e. The number of carbonyl (C=O) groups is 1. The SMILES string of the molecule is Cc1cc(C)c(Nc2c(C3CCOCC3)cnc3ccc(Cl)cc23)c(C(=O)O)c1. The summed E-state index contributed by atoms with van der Waals surface area (Å²) in [6.45, 7) is 5.24. The number of aromatic nitrogens is 1. The molecule has 150 valence electrons. The van der Waals surface area contributed by atoms with E-state index in [1.54, 1.807) is 6.07 Å². The highest BCUT2D eigenvalue weighted by atomic mass is 35.5. The molecule has 5 nitrogen and oxygen atoms in total. The van der Waals surface area contributed by atoms with E-state index in [1.165, 1.54) is 0 Å². The maximum absolute atomic E-state index is 11.9. The molecule has 1 fully saturated rings. The summed E-state index contributed by atoms with van der Waals surface area (Å²) in [5.41, 5.74) is 5.41. The molecular weight excluding hydrogens is 388 g/mol. The van der Waals surface area contributed by atoms with Crippen LogP contribution in [0.25, 0.3) is 10.9 Å². The van der Waals surface area contributed by atoms with Gasteiger partial charge in [-0.2, -0.15) is 0 Å². The Morgan fingerprint density at radius 1 is 1.17 bits per heavy atom. The number of aryl methyl sites for hydroxylation is 2. The van der Waals surface area contributed by atoms with Gasteiger partial charge in [-0.05, 0) is 73.6 Å². The first-order chi connectivity index (χ1) is 13.9. The van der Waals surface area contributed by atoms with Crippen LogP contribution in [0.1, 0.15) is 45.8 Å². The van der Waals surface area contributed by atoms with Crippen LogP contribution in [0, 0.1) is 13.8 Å². The van der Waals surface area contributed by atoms with Crippen molar-refractivity contribution in [1.29, 1.82) is 0 Å². The van der Waals surface area contributed by atoms with E-state index >= 15 is 0 Å². The second kappa shape index (κ2) is 8.01. The highest BCUT2D eigenvalue weighted by Gasteiger charge is 2.23. The second-order valence-corrected chi connectivity index (χ2v) is 8.01. The normalized spacial score (nSPS) is 14.9. The molecule has 0 spiro atoms. The average molecular weight is 411 g/mol. The predicted octanol–water partition coefficient (Wildman–Crippen LogP) is 5.84. The van der Waals surface area contributed by atoms with E-state index in [1.807, 2.05) is 44.3 Å². The molecule has 0 amide bonds. The lowest BCUT2D eigenvalue weighted by Crippen LogP contribution is -2.16. The van der Waals surface area contributed by atoms with Crippen molar-refractivity contribution in [3.63, 3.8) is 0 Å². The molecule has 0 atom stereocenters. The van der Waals surface area contributed by atoms with Crippen LogP contribution in [-0.4, -0.2) is 29.3 Å². The highest BCUT2D eigenvalue weighted by Crippen LogP contribution is 2.39. The fourth-order valence-corrected chi connectivity index (χ4v) is 4.24. The Bertz CT molecular complexity index is 1090. The summed E-state index contributed by atoms with van der Waals surface area (Å²) in [5, 5.41) is 14.7. The summed E-state index contributed by atoms with van der Waals surface area (Å²) in [6, 6.07) is 9.27. The van der Waals surface area contributed by atoms with Crippen molar-refractivity contribution in [2.24, 2.45) is 0 Å². The topological polar surface area (TPSA) is 71.5 Å². The molecule has 2 heterocycles. The first-order valence-electron chi connectivity index (χ1n) is 9.71. The Balaban J connectivity index is 1.92. The molecule has 1 saturated heterocycles. The first kappa shape index (κ1) is 19.7. The summed E-state index contributed by atoms with van der Waals surface area (Å²) >= 11 is 6.30. The van der Waals surface area contributed by atoms with E-state index in [4.69, 9.17) is 16.3 Å². The van der Waals surface area contributed by atoms with Crippen molar-refractivity contribution in [3.05, 3.63) is 63.8 Å². The summed E-state index contributed by atoms with van der Waals surface area (Å²) in [5.74, 6) is -0.663. The summed E-state index contributed by atoms with van der Waals surface area (Å²) in [6.07, 6.45) is 3.71. The molecule has 4 rings (SSSR count). The Morgan fingerprint density at radius 2 is 1.93 bits per heavy atom. The number of rotatable bonds is 4. The quantitative estimate of drug-likeness (QED) is 0.565. The molecule has 3 aromatic rings. The van der Waals surface area contributed by atoms with Gasteiger partial charge in [-0.15, -0.1) is 0 Å². The van der Waals surface area contributed by atoms with Gasteiger partial charge in [-0.25, -0.2) is 4.79 Å². The molecule has 0 unspecified atom stereocenters. The van der Waals surface area contributed by atoms with Crippen LogP contribution in [-0.2, 0) is 4.74 Å². The minimum Gasteiger partial charge on any atom is -0.478 e. The maximum atomic E-state index is 11.9. The number of pyridine rings is 1. The van der Waals surface area contributed by atoms with E-state index < -0.39 is 5.97 Å². The van der Waals surface area contributed by atoms with Crippen molar-refractivity contribution < 1.29 is 14.6 Å². The zero-order valence-corrected chi connectivity index (χ0v) is 17.2. The number of nitrogens with one attached hydrogen (secondary N) is 1. The van der Waals surface area contributed by atoms with Gasteiger partial charge in [-0.3, -0.25) is 4.98 Å². The molecule has 6 heteroatoms. The number of hydrogen-bond acceptors (Lipinski definition) is 4. The zero-order chi connectivity index (χ0) is 20.5. The lowest BCUT2D eigenvalue weighted by Gasteiger charge is -2.26. The van der Waals surface area contributed by atoms with Crippen molar-refractivity contribution >= 4 is 39.8 Å². The van der Waals surface area contributed by atoms with Gasteiger partial charge in [0.15, 0.2) is 0 Å². The number of hydrogen-bond donors (Lipinski definition) is 2. The second-order valence-electron chi connectivity index (χ2n) is 7.57. The van der Waals surface area contributed by atoms with Crippen LogP contribution >= 0.6 is 11.6 Å². The zero-order valence-electron chi connectivity index (χ0n) is 16.5. The van der Waals surface area contributed by atoms with Crippen LogP contribution in [0.15, 0.2) is 36.5 Å². The van der Waals surface area contributed by atoms with Gasteiger partial charge < -0.3 is 15.2 Å². The summed E-state index contributed by atoms with van der Waals surface area (Å²) < 4.78 is 5.53. The van der Waals surface area contributed by atoms with Crippen molar-refractivity contribution in [1.82, 2.24) is 4.98 Å². The highest BCUT2D eigenvalue weighted by molar-refractivity contribution is 6.31. The maximum Gasteiger partial charge on any atom is 0.337 e. The van der Waals surface area contributed by atoms with Crippen LogP contribution in [0.4, 0.5) is 11.4 Å². The molecule has 0 saturated carbocycles. The number of ether oxygens (including phenoxy) is 1. The van der Waals surface area contributed by atoms with Crippen molar-refractivity contribution in [2.45, 2.75) is 32.6 Å². The van der Waals surface area contributed by atoms with Gasteiger partial charge >= 0.3 is 5.97 Å². The van der Waals surface area contributed by atoms with Gasteiger partial charge in [0.25, 0.3) is 0 Å². The first-order valence-corrected chi connectivity index (χ1v) is 10.1. The minimum atomic E-state index is -0.955. The third-order valence-corrected chi connectivity index (χ3v) is 5.72. The number of fused-ring (bicyclic) bond motifs is 1. The van der Waals surface area contributed by atoms with Crippen molar-refractivity contribution in [2.75, 3.05) is 18.5 Å². The molecule has 2 aromatic carbocycles. The Morgan fingerprint density at radius 3 is 2.66 bits per heavy atom. The number of benzene rings is 2. The van der Waals surface area contributed by atoms with Crippen LogP contribution in [0.3, 0.4) is 0 Å². The number of carboxylic acid groups (broad SMARTS) is 1. The van der Waals surface area contributed by atoms with Crippen LogP contribution in [0.2, 0.25) is 5.02 Å². The Kier molecular flexibility index (Phi) is 5.43. The van der Waals surface area contributed by atoms with E-state index in [9.17, 15) is 9.90 Å². The fourth-order valence-electron chi connectivity index (χ4n) is 4.07.